The van der Waals surface area contributed by atoms with E-state index in [4.69, 9.17) is 11.6 Å². The molecule has 0 N–H and O–H groups in total. The van der Waals surface area contributed by atoms with E-state index in [1.54, 1.807) is 0 Å². The maximum atomic E-state index is 12.3. The molecule has 0 aromatic heterocycles. The van der Waals surface area contributed by atoms with Crippen LogP contribution in [0.1, 0.15) is 6.92 Å². The predicted molar refractivity (Wildman–Crippen MR) is 73.9 cm³/mol. The third kappa shape index (κ3) is 3.71. The summed E-state index contributed by atoms with van der Waals surface area (Å²) in [6.07, 6.45) is 0.669. The Bertz CT molecular complexity index is 691. The van der Waals surface area contributed by atoms with Gasteiger partial charge in [-0.05, 0) is 31.2 Å². The maximum Gasteiger partial charge on any atom is 0.340 e. The Morgan fingerprint density at radius 3 is 2.10 bits per heavy atom. The fraction of sp³-hybridized carbons (Fsp3) is 0.364. The summed E-state index contributed by atoms with van der Waals surface area (Å²) in [6.45, 7) is 1.33. The van der Waals surface area contributed by atoms with Crippen molar-refractivity contribution in [2.45, 2.75) is 16.4 Å². The molecule has 1 rings (SSSR count). The highest BCUT2D eigenvalue weighted by Gasteiger charge is 2.43. The zero-order valence-electron chi connectivity index (χ0n) is 10.7. The number of esters is 1. The third-order valence-electron chi connectivity index (χ3n) is 2.29. The molecule has 0 aliphatic heterocycles. The van der Waals surface area contributed by atoms with E-state index in [1.807, 2.05) is 0 Å². The Balaban J connectivity index is 3.40. The molecule has 0 fully saturated rings. The smallest absolute Gasteiger partial charge is 0.340 e. The monoisotopic (exact) mass is 340 g/mol. The van der Waals surface area contributed by atoms with Gasteiger partial charge in [0.25, 0.3) is 4.58 Å². The van der Waals surface area contributed by atoms with Crippen molar-refractivity contribution in [1.29, 1.82) is 0 Å². The van der Waals surface area contributed by atoms with Crippen molar-refractivity contribution in [3.05, 3.63) is 29.3 Å². The Kier molecular flexibility index (Phi) is 5.17. The fourth-order valence-electron chi connectivity index (χ4n) is 1.49. The average molecular weight is 341 g/mol. The molecule has 112 valence electrons. The van der Waals surface area contributed by atoms with Crippen molar-refractivity contribution < 1.29 is 26.4 Å². The molecule has 1 aromatic carbocycles. The van der Waals surface area contributed by atoms with Gasteiger partial charge < -0.3 is 4.74 Å². The summed E-state index contributed by atoms with van der Waals surface area (Å²) < 4.78 is 50.1. The van der Waals surface area contributed by atoms with E-state index in [2.05, 4.69) is 4.74 Å². The number of carbonyl (C=O) groups is 1. The molecule has 6 nitrogen and oxygen atoms in total. The molecule has 0 aliphatic rings. The summed E-state index contributed by atoms with van der Waals surface area (Å²) in [5.74, 6) is -1.31. The molecule has 0 bridgehead atoms. The van der Waals surface area contributed by atoms with Crippen LogP contribution in [-0.4, -0.2) is 40.2 Å². The van der Waals surface area contributed by atoms with Crippen LogP contribution >= 0.6 is 11.6 Å². The predicted octanol–water partition coefficient (Wildman–Crippen LogP) is 1.05. The van der Waals surface area contributed by atoms with E-state index < -0.39 is 30.2 Å². The minimum absolute atomic E-state index is 0.124. The van der Waals surface area contributed by atoms with Crippen LogP contribution in [0.3, 0.4) is 0 Å². The molecular formula is C11H13ClO6S2. The van der Waals surface area contributed by atoms with Crippen LogP contribution in [-0.2, 0) is 29.2 Å². The Labute approximate surface area is 122 Å². The topological polar surface area (TPSA) is 94.6 Å². The molecule has 0 heterocycles. The summed E-state index contributed by atoms with van der Waals surface area (Å²) in [5.41, 5.74) is 0. The minimum atomic E-state index is -4.42. The first kappa shape index (κ1) is 16.9. The van der Waals surface area contributed by atoms with Crippen LogP contribution in [0.5, 0.6) is 0 Å². The maximum absolute atomic E-state index is 12.3. The van der Waals surface area contributed by atoms with E-state index >= 15 is 0 Å². The SMILES string of the molecule is CCOC(=O)C(S(C)(=O)=O)S(=O)(=O)c1ccc(Cl)cc1. The largest absolute Gasteiger partial charge is 0.464 e. The minimum Gasteiger partial charge on any atom is -0.464 e. The van der Waals surface area contributed by atoms with Gasteiger partial charge in [-0.15, -0.1) is 0 Å². The zero-order chi connectivity index (χ0) is 15.6. The van der Waals surface area contributed by atoms with Gasteiger partial charge in [0.15, 0.2) is 9.84 Å². The molecule has 0 saturated heterocycles. The van der Waals surface area contributed by atoms with E-state index in [9.17, 15) is 21.6 Å². The van der Waals surface area contributed by atoms with Gasteiger partial charge in [0.1, 0.15) is 0 Å². The number of halogens is 1. The number of rotatable bonds is 5. The number of hydrogen-bond acceptors (Lipinski definition) is 6. The fourth-order valence-corrected chi connectivity index (χ4v) is 5.29. The van der Waals surface area contributed by atoms with Gasteiger partial charge in [-0.2, -0.15) is 0 Å². The lowest BCUT2D eigenvalue weighted by Crippen LogP contribution is -2.38. The van der Waals surface area contributed by atoms with E-state index in [0.717, 1.165) is 12.1 Å². The van der Waals surface area contributed by atoms with Crippen LogP contribution in [0, 0.1) is 0 Å². The summed E-state index contributed by atoms with van der Waals surface area (Å²) in [6, 6.07) is 4.85. The van der Waals surface area contributed by atoms with Crippen molar-refractivity contribution in [3.8, 4) is 0 Å². The summed E-state index contributed by atoms with van der Waals surface area (Å²) >= 11 is 5.64. The molecule has 20 heavy (non-hydrogen) atoms. The van der Waals surface area contributed by atoms with Crippen molar-refractivity contribution in [1.82, 2.24) is 0 Å². The van der Waals surface area contributed by atoms with Crippen LogP contribution < -0.4 is 0 Å². The number of sulfone groups is 2. The number of carbonyl (C=O) groups excluding carboxylic acids is 1. The van der Waals surface area contributed by atoms with Crippen LogP contribution in [0.4, 0.5) is 0 Å². The average Bonchev–Trinajstić information content (AvgIpc) is 2.27. The van der Waals surface area contributed by atoms with E-state index in [1.165, 1.54) is 19.1 Å². The number of benzene rings is 1. The first-order valence-corrected chi connectivity index (χ1v) is 9.33. The Morgan fingerprint density at radius 1 is 1.20 bits per heavy atom. The van der Waals surface area contributed by atoms with Gasteiger partial charge in [0.05, 0.1) is 11.5 Å². The normalized spacial score (nSPS) is 13.8. The first-order valence-electron chi connectivity index (χ1n) is 5.45. The first-order chi connectivity index (χ1) is 9.10. The lowest BCUT2D eigenvalue weighted by Gasteiger charge is -2.14. The van der Waals surface area contributed by atoms with Crippen molar-refractivity contribution in [3.63, 3.8) is 0 Å². The molecule has 0 radical (unpaired) electrons. The van der Waals surface area contributed by atoms with Gasteiger partial charge in [-0.3, -0.25) is 0 Å². The highest BCUT2D eigenvalue weighted by Crippen LogP contribution is 2.22. The van der Waals surface area contributed by atoms with Gasteiger partial charge in [-0.1, -0.05) is 11.6 Å². The van der Waals surface area contributed by atoms with Crippen molar-refractivity contribution in [2.24, 2.45) is 0 Å². The molecular weight excluding hydrogens is 328 g/mol. The van der Waals surface area contributed by atoms with Crippen molar-refractivity contribution in [2.75, 3.05) is 12.9 Å². The Morgan fingerprint density at radius 2 is 1.70 bits per heavy atom. The summed E-state index contributed by atoms with van der Waals surface area (Å²) in [4.78, 5) is 11.4. The molecule has 0 saturated carbocycles. The highest BCUT2D eigenvalue weighted by atomic mass is 35.5. The zero-order valence-corrected chi connectivity index (χ0v) is 13.1. The second-order valence-electron chi connectivity index (χ2n) is 3.91. The van der Waals surface area contributed by atoms with E-state index in [-0.39, 0.29) is 16.5 Å². The van der Waals surface area contributed by atoms with Gasteiger partial charge in [-0.25, -0.2) is 21.6 Å². The lowest BCUT2D eigenvalue weighted by atomic mass is 10.4. The molecule has 9 heteroatoms. The van der Waals surface area contributed by atoms with E-state index in [0.29, 0.717) is 6.26 Å². The Hall–Kier alpha value is -1.12. The second kappa shape index (κ2) is 6.11. The van der Waals surface area contributed by atoms with Crippen LogP contribution in [0.15, 0.2) is 29.2 Å². The summed E-state index contributed by atoms with van der Waals surface area (Å²) in [7, 11) is -8.62. The van der Waals surface area contributed by atoms with Crippen LogP contribution in [0.25, 0.3) is 0 Å². The van der Waals surface area contributed by atoms with Gasteiger partial charge in [0.2, 0.25) is 9.84 Å². The molecule has 1 unspecified atom stereocenters. The quantitative estimate of drug-likeness (QED) is 0.743. The molecule has 0 spiro atoms. The molecule has 1 aromatic rings. The number of hydrogen-bond donors (Lipinski definition) is 0. The second-order valence-corrected chi connectivity index (χ2v) is 8.81. The molecule has 1 atom stereocenters. The third-order valence-corrected chi connectivity index (χ3v) is 7.01. The van der Waals surface area contributed by atoms with Gasteiger partial charge in [0, 0.05) is 11.3 Å². The standard InChI is InChI=1S/C11H13ClO6S2/c1-3-18-10(13)11(19(2,14)15)20(16,17)9-6-4-8(12)5-7-9/h4-7,11H,3H2,1-2H3. The molecule has 0 amide bonds. The number of ether oxygens (including phenoxy) is 1. The summed E-state index contributed by atoms with van der Waals surface area (Å²) in [5, 5.41) is 0.288. The van der Waals surface area contributed by atoms with Crippen molar-refractivity contribution >= 4 is 37.2 Å². The van der Waals surface area contributed by atoms with Gasteiger partial charge >= 0.3 is 5.97 Å². The highest BCUT2D eigenvalue weighted by molar-refractivity contribution is 8.09. The molecule has 0 aliphatic carbocycles. The van der Waals surface area contributed by atoms with Crippen LogP contribution in [0.2, 0.25) is 5.02 Å². The lowest BCUT2D eigenvalue weighted by molar-refractivity contribution is -0.140.